The first kappa shape index (κ1) is 18.5. The van der Waals surface area contributed by atoms with E-state index in [2.05, 4.69) is 10.0 Å². The van der Waals surface area contributed by atoms with Gasteiger partial charge in [0.25, 0.3) is 5.91 Å². The number of anilines is 1. The Kier molecular flexibility index (Phi) is 5.65. The van der Waals surface area contributed by atoms with Crippen molar-refractivity contribution >= 4 is 21.6 Å². The Bertz CT molecular complexity index is 896. The van der Waals surface area contributed by atoms with Crippen LogP contribution in [0.5, 0.6) is 0 Å². The molecule has 138 valence electrons. The van der Waals surface area contributed by atoms with E-state index in [1.54, 1.807) is 6.07 Å². The molecule has 8 heteroatoms. The first-order valence-corrected chi connectivity index (χ1v) is 9.70. The van der Waals surface area contributed by atoms with Crippen molar-refractivity contribution in [1.82, 2.24) is 4.72 Å². The van der Waals surface area contributed by atoms with Gasteiger partial charge in [-0.05, 0) is 43.2 Å². The second-order valence-corrected chi connectivity index (χ2v) is 7.71. The largest absolute Gasteiger partial charge is 0.380 e. The van der Waals surface area contributed by atoms with E-state index in [0.717, 1.165) is 6.42 Å². The van der Waals surface area contributed by atoms with Crippen LogP contribution < -0.4 is 10.0 Å². The van der Waals surface area contributed by atoms with Gasteiger partial charge < -0.3 is 10.1 Å². The molecule has 0 radical (unpaired) electrons. The number of benzene rings is 2. The minimum atomic E-state index is -3.78. The minimum Gasteiger partial charge on any atom is -0.380 e. The zero-order valence-electron chi connectivity index (χ0n) is 13.9. The Labute approximate surface area is 151 Å². The molecule has 1 aliphatic rings. The van der Waals surface area contributed by atoms with Crippen LogP contribution in [0.4, 0.5) is 10.1 Å². The van der Waals surface area contributed by atoms with Crippen molar-refractivity contribution in [2.45, 2.75) is 23.8 Å². The van der Waals surface area contributed by atoms with Gasteiger partial charge in [-0.25, -0.2) is 17.5 Å². The summed E-state index contributed by atoms with van der Waals surface area (Å²) < 4.78 is 46.6. The lowest BCUT2D eigenvalue weighted by Gasteiger charge is -2.23. The van der Waals surface area contributed by atoms with Crippen molar-refractivity contribution < 1.29 is 22.3 Å². The normalized spacial score (nSPS) is 17.7. The fraction of sp³-hybridized carbons (Fsp3) is 0.278. The first-order chi connectivity index (χ1) is 12.5. The molecule has 0 aromatic heterocycles. The number of amides is 1. The maximum Gasteiger partial charge on any atom is 0.255 e. The van der Waals surface area contributed by atoms with Gasteiger partial charge in [0.05, 0.1) is 17.2 Å². The summed E-state index contributed by atoms with van der Waals surface area (Å²) in [6, 6.07) is 11.1. The average Bonchev–Trinajstić information content (AvgIpc) is 2.64. The third-order valence-electron chi connectivity index (χ3n) is 4.01. The van der Waals surface area contributed by atoms with Crippen molar-refractivity contribution in [3.8, 4) is 0 Å². The smallest absolute Gasteiger partial charge is 0.255 e. The number of hydrogen-bond acceptors (Lipinski definition) is 4. The highest BCUT2D eigenvalue weighted by atomic mass is 32.2. The molecule has 0 spiro atoms. The number of ether oxygens (including phenoxy) is 1. The van der Waals surface area contributed by atoms with Crippen LogP contribution in [0.2, 0.25) is 0 Å². The van der Waals surface area contributed by atoms with E-state index in [9.17, 15) is 17.6 Å². The summed E-state index contributed by atoms with van der Waals surface area (Å²) in [7, 11) is -3.78. The highest BCUT2D eigenvalue weighted by Crippen LogP contribution is 2.17. The summed E-state index contributed by atoms with van der Waals surface area (Å²) in [6.07, 6.45) is 1.49. The maximum absolute atomic E-state index is 13.7. The average molecular weight is 378 g/mol. The molecule has 3 rings (SSSR count). The van der Waals surface area contributed by atoms with Gasteiger partial charge in [-0.2, -0.15) is 0 Å². The molecule has 2 aromatic rings. The molecule has 0 saturated carbocycles. The molecule has 1 atom stereocenters. The van der Waals surface area contributed by atoms with Crippen molar-refractivity contribution in [3.05, 3.63) is 59.9 Å². The van der Waals surface area contributed by atoms with E-state index >= 15 is 0 Å². The van der Waals surface area contributed by atoms with Gasteiger partial charge in [-0.15, -0.1) is 0 Å². The Hall–Kier alpha value is -2.29. The van der Waals surface area contributed by atoms with Crippen LogP contribution in [-0.4, -0.2) is 33.6 Å². The zero-order chi connectivity index (χ0) is 18.6. The lowest BCUT2D eigenvalue weighted by molar-refractivity contribution is 0.0774. The number of sulfonamides is 1. The molecule has 1 unspecified atom stereocenters. The third kappa shape index (κ3) is 4.46. The van der Waals surface area contributed by atoms with Gasteiger partial charge in [0.2, 0.25) is 10.0 Å². The summed E-state index contributed by atoms with van der Waals surface area (Å²) in [5.41, 5.74) is 0.152. The van der Waals surface area contributed by atoms with Crippen molar-refractivity contribution in [3.63, 3.8) is 0 Å². The number of halogens is 1. The molecule has 0 aliphatic carbocycles. The molecule has 0 bridgehead atoms. The Morgan fingerprint density at radius 3 is 2.69 bits per heavy atom. The predicted octanol–water partition coefficient (Wildman–Crippen LogP) is 2.54. The van der Waals surface area contributed by atoms with E-state index in [1.165, 1.54) is 42.5 Å². The number of para-hydroxylation sites is 1. The van der Waals surface area contributed by atoms with Crippen LogP contribution in [0.25, 0.3) is 0 Å². The molecular weight excluding hydrogens is 359 g/mol. The Balaban J connectivity index is 1.76. The number of nitrogens with one attached hydrogen (secondary N) is 2. The highest BCUT2D eigenvalue weighted by molar-refractivity contribution is 7.89. The van der Waals surface area contributed by atoms with Gasteiger partial charge in [0, 0.05) is 18.2 Å². The molecule has 2 aromatic carbocycles. The van der Waals surface area contributed by atoms with Crippen LogP contribution in [0, 0.1) is 5.82 Å². The van der Waals surface area contributed by atoms with Gasteiger partial charge in [-0.3, -0.25) is 4.79 Å². The van der Waals surface area contributed by atoms with E-state index in [4.69, 9.17) is 4.74 Å². The molecular formula is C18H19FN2O4S. The van der Waals surface area contributed by atoms with Gasteiger partial charge in [0.1, 0.15) is 5.82 Å². The number of rotatable bonds is 5. The number of hydrogen-bond donors (Lipinski definition) is 2. The van der Waals surface area contributed by atoms with Gasteiger partial charge >= 0.3 is 0 Å². The Morgan fingerprint density at radius 1 is 1.15 bits per heavy atom. The summed E-state index contributed by atoms with van der Waals surface area (Å²) >= 11 is 0. The third-order valence-corrected chi connectivity index (χ3v) is 5.53. The predicted molar refractivity (Wildman–Crippen MR) is 95.0 cm³/mol. The summed E-state index contributed by atoms with van der Waals surface area (Å²) in [5.74, 6) is -1.16. The Morgan fingerprint density at radius 2 is 1.96 bits per heavy atom. The molecule has 2 N–H and O–H groups in total. The maximum atomic E-state index is 13.7. The molecule has 1 aliphatic heterocycles. The van der Waals surface area contributed by atoms with Gasteiger partial charge in [0.15, 0.2) is 0 Å². The monoisotopic (exact) mass is 378 g/mol. The molecule has 1 heterocycles. The van der Waals surface area contributed by atoms with E-state index < -0.39 is 21.7 Å². The molecule has 1 fully saturated rings. The van der Waals surface area contributed by atoms with Crippen LogP contribution in [0.15, 0.2) is 53.4 Å². The van der Waals surface area contributed by atoms with E-state index in [1.807, 2.05) is 0 Å². The van der Waals surface area contributed by atoms with E-state index in [0.29, 0.717) is 19.6 Å². The highest BCUT2D eigenvalue weighted by Gasteiger charge is 2.23. The lowest BCUT2D eigenvalue weighted by Crippen LogP contribution is -2.40. The van der Waals surface area contributed by atoms with Gasteiger partial charge in [-0.1, -0.05) is 18.2 Å². The molecule has 6 nitrogen and oxygen atoms in total. The fourth-order valence-electron chi connectivity index (χ4n) is 2.68. The molecule has 1 amide bonds. The number of carbonyl (C=O) groups excluding carboxylic acids is 1. The summed E-state index contributed by atoms with van der Waals surface area (Å²) in [6.45, 7) is 0.955. The van der Waals surface area contributed by atoms with E-state index in [-0.39, 0.29) is 22.2 Å². The van der Waals surface area contributed by atoms with Crippen LogP contribution in [0.1, 0.15) is 23.2 Å². The standard InChI is InChI=1S/C18H19FN2O4S/c19-16-8-1-2-9-17(16)20-18(22)13-5-3-7-15(11-13)26(23,24)21-14-6-4-10-25-12-14/h1-3,5,7-9,11,14,21H,4,6,10,12H2,(H,20,22). The second-order valence-electron chi connectivity index (χ2n) is 6.00. The lowest BCUT2D eigenvalue weighted by atomic mass is 10.1. The number of carbonyl (C=O) groups is 1. The van der Waals surface area contributed by atoms with Crippen molar-refractivity contribution in [2.24, 2.45) is 0 Å². The molecule has 26 heavy (non-hydrogen) atoms. The van der Waals surface area contributed by atoms with Crippen LogP contribution >= 0.6 is 0 Å². The quantitative estimate of drug-likeness (QED) is 0.837. The minimum absolute atomic E-state index is 0.0238. The molecule has 1 saturated heterocycles. The topological polar surface area (TPSA) is 84.5 Å². The summed E-state index contributed by atoms with van der Waals surface area (Å²) in [5, 5.41) is 2.44. The first-order valence-electron chi connectivity index (χ1n) is 8.22. The zero-order valence-corrected chi connectivity index (χ0v) is 14.8. The fourth-order valence-corrected chi connectivity index (χ4v) is 3.98. The van der Waals surface area contributed by atoms with Crippen molar-refractivity contribution in [2.75, 3.05) is 18.5 Å². The van der Waals surface area contributed by atoms with Crippen LogP contribution in [-0.2, 0) is 14.8 Å². The van der Waals surface area contributed by atoms with Crippen molar-refractivity contribution in [1.29, 1.82) is 0 Å². The van der Waals surface area contributed by atoms with Crippen LogP contribution in [0.3, 0.4) is 0 Å². The summed E-state index contributed by atoms with van der Waals surface area (Å²) in [4.78, 5) is 12.3. The SMILES string of the molecule is O=C(Nc1ccccc1F)c1cccc(S(=O)(=O)NC2CCCOC2)c1. The second kappa shape index (κ2) is 7.94.